The van der Waals surface area contributed by atoms with E-state index in [0.29, 0.717) is 48.0 Å². The molecule has 0 amide bonds. The van der Waals surface area contributed by atoms with Crippen molar-refractivity contribution in [2.45, 2.75) is 31.3 Å². The van der Waals surface area contributed by atoms with E-state index >= 15 is 0 Å². The van der Waals surface area contributed by atoms with Gasteiger partial charge in [0.05, 0.1) is 18.5 Å². The first kappa shape index (κ1) is 21.4. The third-order valence-corrected chi connectivity index (χ3v) is 6.61. The minimum absolute atomic E-state index is 0.0188. The molecule has 0 saturated carbocycles. The second-order valence-electron chi connectivity index (χ2n) is 8.85. The van der Waals surface area contributed by atoms with Crippen LogP contribution in [0.25, 0.3) is 10.9 Å². The zero-order valence-electron chi connectivity index (χ0n) is 18.7. The Morgan fingerprint density at radius 1 is 1.11 bits per heavy atom. The van der Waals surface area contributed by atoms with Crippen LogP contribution in [-0.2, 0) is 11.2 Å². The van der Waals surface area contributed by atoms with E-state index in [4.69, 9.17) is 19.3 Å². The third kappa shape index (κ3) is 4.03. The van der Waals surface area contributed by atoms with E-state index in [2.05, 4.69) is 4.98 Å². The molecule has 1 aliphatic heterocycles. The Bertz CT molecular complexity index is 1450. The van der Waals surface area contributed by atoms with Crippen LogP contribution in [0, 0.1) is 5.82 Å². The van der Waals surface area contributed by atoms with Gasteiger partial charge >= 0.3 is 5.97 Å². The molecule has 2 heterocycles. The molecule has 6 nitrogen and oxygen atoms in total. The van der Waals surface area contributed by atoms with Gasteiger partial charge in [-0.05, 0) is 55.3 Å². The summed E-state index contributed by atoms with van der Waals surface area (Å²) < 4.78 is 33.0. The second-order valence-corrected chi connectivity index (χ2v) is 8.85. The molecule has 1 N–H and O–H groups in total. The van der Waals surface area contributed by atoms with Gasteiger partial charge < -0.3 is 19.3 Å². The van der Waals surface area contributed by atoms with Gasteiger partial charge in [-0.3, -0.25) is 9.78 Å². The maximum Gasteiger partial charge on any atom is 0.304 e. The highest BCUT2D eigenvalue weighted by molar-refractivity contribution is 5.79. The zero-order chi connectivity index (χ0) is 23.9. The second kappa shape index (κ2) is 8.58. The first-order valence-corrected chi connectivity index (χ1v) is 11.5. The number of aliphatic carboxylic acids is 1. The van der Waals surface area contributed by atoms with E-state index in [-0.39, 0.29) is 18.2 Å². The van der Waals surface area contributed by atoms with Crippen molar-refractivity contribution in [3.8, 4) is 23.0 Å². The van der Waals surface area contributed by atoms with Gasteiger partial charge in [-0.2, -0.15) is 0 Å². The number of rotatable bonds is 6. The Hall–Kier alpha value is -4.13. The molecule has 0 spiro atoms. The fraction of sp³-hybridized carbons (Fsp3) is 0.214. The van der Waals surface area contributed by atoms with Gasteiger partial charge in [-0.15, -0.1) is 0 Å². The van der Waals surface area contributed by atoms with Crippen molar-refractivity contribution in [1.82, 2.24) is 4.98 Å². The molecule has 6 rings (SSSR count). The van der Waals surface area contributed by atoms with Crippen LogP contribution >= 0.6 is 0 Å². The van der Waals surface area contributed by atoms with Gasteiger partial charge in [0.25, 0.3) is 0 Å². The number of aromatic nitrogens is 1. The highest BCUT2D eigenvalue weighted by atomic mass is 19.1. The SMILES string of the molecule is O=C(O)C[C@@H]1COc2cc(O[C@@H]3CCc4c(Oc5ccc6ncccc6c5)ccc(F)c43)ccc21. The minimum Gasteiger partial charge on any atom is -0.492 e. The van der Waals surface area contributed by atoms with E-state index in [9.17, 15) is 9.18 Å². The van der Waals surface area contributed by atoms with Crippen molar-refractivity contribution in [2.75, 3.05) is 6.61 Å². The van der Waals surface area contributed by atoms with Crippen molar-refractivity contribution in [3.05, 3.63) is 89.4 Å². The molecule has 1 aliphatic carbocycles. The van der Waals surface area contributed by atoms with Crippen LogP contribution in [0.3, 0.4) is 0 Å². The monoisotopic (exact) mass is 471 g/mol. The molecule has 2 aliphatic rings. The molecule has 0 unspecified atom stereocenters. The molecule has 7 heteroatoms. The largest absolute Gasteiger partial charge is 0.492 e. The van der Waals surface area contributed by atoms with Crippen LogP contribution in [0.2, 0.25) is 0 Å². The van der Waals surface area contributed by atoms with Crippen molar-refractivity contribution in [3.63, 3.8) is 0 Å². The Kier molecular flexibility index (Phi) is 5.25. The zero-order valence-corrected chi connectivity index (χ0v) is 18.7. The number of benzene rings is 3. The predicted molar refractivity (Wildman–Crippen MR) is 127 cm³/mol. The number of nitrogens with zero attached hydrogens (tertiary/aromatic N) is 1. The number of pyridine rings is 1. The number of ether oxygens (including phenoxy) is 3. The Morgan fingerprint density at radius 2 is 2.00 bits per heavy atom. The van der Waals surface area contributed by atoms with Crippen molar-refractivity contribution >= 4 is 16.9 Å². The molecular weight excluding hydrogens is 449 g/mol. The van der Waals surface area contributed by atoms with E-state index in [0.717, 1.165) is 22.0 Å². The molecule has 0 fully saturated rings. The van der Waals surface area contributed by atoms with Crippen LogP contribution in [-0.4, -0.2) is 22.7 Å². The average Bonchev–Trinajstić information content (AvgIpc) is 3.45. The number of carboxylic acids is 1. The van der Waals surface area contributed by atoms with E-state index < -0.39 is 12.1 Å². The fourth-order valence-corrected chi connectivity index (χ4v) is 4.97. The van der Waals surface area contributed by atoms with Crippen LogP contribution in [0.15, 0.2) is 66.9 Å². The fourth-order valence-electron chi connectivity index (χ4n) is 4.97. The topological polar surface area (TPSA) is 77.9 Å². The number of carboxylic acid groups (broad SMARTS) is 1. The van der Waals surface area contributed by atoms with E-state index in [1.807, 2.05) is 36.4 Å². The summed E-state index contributed by atoms with van der Waals surface area (Å²) in [6.45, 7) is 0.331. The molecule has 3 aromatic carbocycles. The summed E-state index contributed by atoms with van der Waals surface area (Å²) in [7, 11) is 0. The lowest BCUT2D eigenvalue weighted by Gasteiger charge is -2.17. The van der Waals surface area contributed by atoms with Gasteiger partial charge in [0.1, 0.15) is 34.9 Å². The van der Waals surface area contributed by atoms with Crippen LogP contribution < -0.4 is 14.2 Å². The van der Waals surface area contributed by atoms with Gasteiger partial charge in [-0.1, -0.05) is 12.1 Å². The summed E-state index contributed by atoms with van der Waals surface area (Å²) in [5.74, 6) is 1.10. The van der Waals surface area contributed by atoms with Gasteiger partial charge in [0, 0.05) is 40.3 Å². The Morgan fingerprint density at radius 3 is 2.89 bits per heavy atom. The van der Waals surface area contributed by atoms with Gasteiger partial charge in [-0.25, -0.2) is 4.39 Å². The highest BCUT2D eigenvalue weighted by Gasteiger charge is 2.32. The van der Waals surface area contributed by atoms with Gasteiger partial charge in [0.2, 0.25) is 0 Å². The van der Waals surface area contributed by atoms with E-state index in [1.165, 1.54) is 6.07 Å². The average molecular weight is 471 g/mol. The summed E-state index contributed by atoms with van der Waals surface area (Å²) in [6, 6.07) is 18.0. The van der Waals surface area contributed by atoms with Crippen molar-refractivity contribution in [1.29, 1.82) is 0 Å². The lowest BCUT2D eigenvalue weighted by Crippen LogP contribution is -2.07. The first-order valence-electron chi connectivity index (χ1n) is 11.5. The predicted octanol–water partition coefficient (Wildman–Crippen LogP) is 6.18. The molecule has 176 valence electrons. The first-order chi connectivity index (χ1) is 17.0. The highest BCUT2D eigenvalue weighted by Crippen LogP contribution is 2.44. The molecule has 2 atom stereocenters. The summed E-state index contributed by atoms with van der Waals surface area (Å²) in [4.78, 5) is 15.4. The molecule has 35 heavy (non-hydrogen) atoms. The quantitative estimate of drug-likeness (QED) is 0.362. The molecule has 0 bridgehead atoms. The lowest BCUT2D eigenvalue weighted by molar-refractivity contribution is -0.137. The third-order valence-electron chi connectivity index (χ3n) is 6.61. The Labute approximate surface area is 200 Å². The minimum atomic E-state index is -0.858. The summed E-state index contributed by atoms with van der Waals surface area (Å²) in [5.41, 5.74) is 3.06. The number of hydrogen-bond donors (Lipinski definition) is 1. The van der Waals surface area contributed by atoms with Crippen LogP contribution in [0.5, 0.6) is 23.0 Å². The molecule has 0 saturated heterocycles. The number of hydrogen-bond acceptors (Lipinski definition) is 5. The smallest absolute Gasteiger partial charge is 0.304 e. The summed E-state index contributed by atoms with van der Waals surface area (Å²) in [6.07, 6.45) is 2.56. The van der Waals surface area contributed by atoms with Crippen LogP contribution in [0.1, 0.15) is 41.6 Å². The van der Waals surface area contributed by atoms with E-state index in [1.54, 1.807) is 24.4 Å². The standard InChI is InChI=1S/C28H22FNO5/c29-22-7-10-24(34-18-4-8-23-16(12-18)2-1-11-30-23)21-6-9-25(28(21)22)35-19-3-5-20-17(13-27(31)32)15-33-26(20)14-19/h1-5,7-8,10-12,14,17,25H,6,9,13,15H2,(H,31,32)/t17-,25-/m1/s1. The normalized spacial score (nSPS) is 18.1. The maximum absolute atomic E-state index is 14.9. The van der Waals surface area contributed by atoms with Gasteiger partial charge in [0.15, 0.2) is 0 Å². The summed E-state index contributed by atoms with van der Waals surface area (Å²) >= 11 is 0. The van der Waals surface area contributed by atoms with Crippen LogP contribution in [0.4, 0.5) is 4.39 Å². The molecular formula is C28H22FNO5. The summed E-state index contributed by atoms with van der Waals surface area (Å²) in [5, 5.41) is 10.1. The van der Waals surface area contributed by atoms with Crippen molar-refractivity contribution < 1.29 is 28.5 Å². The molecule has 1 aromatic heterocycles. The number of halogens is 1. The molecule has 4 aromatic rings. The maximum atomic E-state index is 14.9. The number of fused-ring (bicyclic) bond motifs is 3. The lowest BCUT2D eigenvalue weighted by atomic mass is 9.98. The molecule has 0 radical (unpaired) electrons. The van der Waals surface area contributed by atoms with Crippen molar-refractivity contribution in [2.24, 2.45) is 0 Å². The Balaban J connectivity index is 1.24. The number of carbonyl (C=O) groups is 1.